The molecule has 1 aliphatic rings. The van der Waals surface area contributed by atoms with Gasteiger partial charge in [-0.1, -0.05) is 12.1 Å². The van der Waals surface area contributed by atoms with Gasteiger partial charge in [-0.3, -0.25) is 4.79 Å². The summed E-state index contributed by atoms with van der Waals surface area (Å²) in [7, 11) is -3.06. The molecule has 3 aromatic rings. The molecule has 0 aliphatic carbocycles. The molecule has 0 atom stereocenters. The van der Waals surface area contributed by atoms with Crippen LogP contribution in [-0.2, 0) is 20.4 Å². The molecule has 2 N–H and O–H groups in total. The molecular formula is C18H15N3O3S2. The summed E-state index contributed by atoms with van der Waals surface area (Å²) < 4.78 is 23.7. The monoisotopic (exact) mass is 385 g/mol. The van der Waals surface area contributed by atoms with E-state index in [4.69, 9.17) is 0 Å². The maximum atomic E-state index is 12.3. The molecule has 6 nitrogen and oxygen atoms in total. The van der Waals surface area contributed by atoms with Crippen molar-refractivity contribution in [1.82, 2.24) is 4.98 Å². The molecule has 0 bridgehead atoms. The average molecular weight is 385 g/mol. The van der Waals surface area contributed by atoms with E-state index in [0.29, 0.717) is 5.57 Å². The lowest BCUT2D eigenvalue weighted by atomic mass is 10.1. The number of thiazole rings is 1. The first kappa shape index (κ1) is 16.7. The fourth-order valence-electron chi connectivity index (χ4n) is 2.90. The Morgan fingerprint density at radius 2 is 1.96 bits per heavy atom. The van der Waals surface area contributed by atoms with Crippen LogP contribution in [0, 0.1) is 0 Å². The minimum Gasteiger partial charge on any atom is -0.361 e. The summed E-state index contributed by atoms with van der Waals surface area (Å²) in [5, 5.41) is 5.96. The fraction of sp³-hybridized carbons (Fsp3) is 0.111. The van der Waals surface area contributed by atoms with Crippen molar-refractivity contribution < 1.29 is 13.2 Å². The molecule has 0 spiro atoms. The number of sulfone groups is 1. The van der Waals surface area contributed by atoms with Gasteiger partial charge in [0.05, 0.1) is 32.7 Å². The van der Waals surface area contributed by atoms with E-state index in [1.54, 1.807) is 36.0 Å². The van der Waals surface area contributed by atoms with Crippen molar-refractivity contribution in [1.29, 1.82) is 0 Å². The number of fused-ring (bicyclic) bond motifs is 3. The second-order valence-electron chi connectivity index (χ2n) is 6.11. The molecule has 0 fully saturated rings. The lowest BCUT2D eigenvalue weighted by Gasteiger charge is -2.05. The molecule has 26 heavy (non-hydrogen) atoms. The van der Waals surface area contributed by atoms with Gasteiger partial charge < -0.3 is 10.6 Å². The molecule has 2 aromatic carbocycles. The van der Waals surface area contributed by atoms with E-state index in [-0.39, 0.29) is 11.7 Å². The van der Waals surface area contributed by atoms with Crippen LogP contribution in [0.3, 0.4) is 0 Å². The van der Waals surface area contributed by atoms with E-state index < -0.39 is 9.84 Å². The Hall–Kier alpha value is -2.71. The summed E-state index contributed by atoms with van der Waals surface area (Å²) in [6, 6.07) is 10.9. The molecule has 132 valence electrons. The largest absolute Gasteiger partial charge is 0.361 e. The van der Waals surface area contributed by atoms with E-state index >= 15 is 0 Å². The molecule has 4 rings (SSSR count). The SMILES string of the molecule is CS(=O)(=O)Cc1ccc(N/C=C2\C(=O)Nc3ccc4scnc4c32)cc1. The maximum absolute atomic E-state index is 12.3. The highest BCUT2D eigenvalue weighted by molar-refractivity contribution is 7.89. The number of nitrogens with one attached hydrogen (secondary N) is 2. The number of hydrogen-bond acceptors (Lipinski definition) is 6. The second kappa shape index (κ2) is 6.22. The van der Waals surface area contributed by atoms with Gasteiger partial charge in [-0.2, -0.15) is 0 Å². The number of amides is 1. The summed E-state index contributed by atoms with van der Waals surface area (Å²) in [6.07, 6.45) is 2.87. The van der Waals surface area contributed by atoms with Crippen molar-refractivity contribution in [2.24, 2.45) is 0 Å². The van der Waals surface area contributed by atoms with Crippen LogP contribution in [0.4, 0.5) is 11.4 Å². The van der Waals surface area contributed by atoms with Crippen molar-refractivity contribution in [3.8, 4) is 0 Å². The Balaban J connectivity index is 1.62. The highest BCUT2D eigenvalue weighted by Crippen LogP contribution is 2.38. The molecule has 8 heteroatoms. The van der Waals surface area contributed by atoms with Gasteiger partial charge in [-0.05, 0) is 29.8 Å². The van der Waals surface area contributed by atoms with Crippen LogP contribution in [0.2, 0.25) is 0 Å². The molecule has 2 heterocycles. The number of carbonyl (C=O) groups excluding carboxylic acids is 1. The highest BCUT2D eigenvalue weighted by Gasteiger charge is 2.27. The first-order valence-corrected chi connectivity index (χ1v) is 10.8. The normalized spacial score (nSPS) is 15.3. The summed E-state index contributed by atoms with van der Waals surface area (Å²) >= 11 is 1.53. The Bertz CT molecular complexity index is 1150. The van der Waals surface area contributed by atoms with Crippen molar-refractivity contribution in [3.05, 3.63) is 59.2 Å². The highest BCUT2D eigenvalue weighted by atomic mass is 32.2. The number of nitrogens with zero attached hydrogens (tertiary/aromatic N) is 1. The molecule has 0 unspecified atom stereocenters. The van der Waals surface area contributed by atoms with Gasteiger partial charge in [0, 0.05) is 23.7 Å². The van der Waals surface area contributed by atoms with E-state index in [0.717, 1.165) is 32.7 Å². The van der Waals surface area contributed by atoms with Crippen LogP contribution in [0.25, 0.3) is 15.8 Å². The molecular weight excluding hydrogens is 370 g/mol. The zero-order chi connectivity index (χ0) is 18.3. The smallest absolute Gasteiger partial charge is 0.257 e. The van der Waals surface area contributed by atoms with Gasteiger partial charge in [-0.15, -0.1) is 11.3 Å². The van der Waals surface area contributed by atoms with Gasteiger partial charge in [0.2, 0.25) is 0 Å². The van der Waals surface area contributed by atoms with Crippen molar-refractivity contribution >= 4 is 54.2 Å². The minimum absolute atomic E-state index is 0.00591. The number of hydrogen-bond donors (Lipinski definition) is 2. The lowest BCUT2D eigenvalue weighted by Crippen LogP contribution is -2.05. The molecule has 0 saturated heterocycles. The van der Waals surface area contributed by atoms with E-state index in [1.807, 2.05) is 12.1 Å². The third-order valence-corrected chi connectivity index (χ3v) is 5.68. The van der Waals surface area contributed by atoms with Gasteiger partial charge in [0.1, 0.15) is 0 Å². The minimum atomic E-state index is -3.06. The van der Waals surface area contributed by atoms with Gasteiger partial charge in [-0.25, -0.2) is 13.4 Å². The topological polar surface area (TPSA) is 88.2 Å². The molecule has 1 amide bonds. The Morgan fingerprint density at radius 1 is 1.19 bits per heavy atom. The Kier molecular flexibility index (Phi) is 4.01. The average Bonchev–Trinajstić information content (AvgIpc) is 3.16. The molecule has 0 saturated carbocycles. The van der Waals surface area contributed by atoms with E-state index in [2.05, 4.69) is 15.6 Å². The van der Waals surface area contributed by atoms with Crippen molar-refractivity contribution in [2.75, 3.05) is 16.9 Å². The van der Waals surface area contributed by atoms with Crippen molar-refractivity contribution in [3.63, 3.8) is 0 Å². The lowest BCUT2D eigenvalue weighted by molar-refractivity contribution is -0.110. The first-order valence-electron chi connectivity index (χ1n) is 7.82. The van der Waals surface area contributed by atoms with E-state index in [1.165, 1.54) is 17.6 Å². The third-order valence-electron chi connectivity index (χ3n) is 4.03. The van der Waals surface area contributed by atoms with Gasteiger partial charge >= 0.3 is 0 Å². The molecule has 0 radical (unpaired) electrons. The van der Waals surface area contributed by atoms with Crippen LogP contribution < -0.4 is 10.6 Å². The quantitative estimate of drug-likeness (QED) is 0.673. The third kappa shape index (κ3) is 3.21. The summed E-state index contributed by atoms with van der Waals surface area (Å²) in [4.78, 5) is 16.7. The van der Waals surface area contributed by atoms with Gasteiger partial charge in [0.25, 0.3) is 5.91 Å². The predicted octanol–water partition coefficient (Wildman–Crippen LogP) is 3.25. The van der Waals surface area contributed by atoms with Crippen LogP contribution in [0.1, 0.15) is 11.1 Å². The first-order chi connectivity index (χ1) is 12.4. The number of benzene rings is 2. The van der Waals surface area contributed by atoms with Crippen LogP contribution in [0.5, 0.6) is 0 Å². The number of rotatable bonds is 4. The number of anilines is 2. The summed E-state index contributed by atoms with van der Waals surface area (Å²) in [5.41, 5.74) is 6.14. The van der Waals surface area contributed by atoms with Crippen LogP contribution in [-0.4, -0.2) is 25.6 Å². The van der Waals surface area contributed by atoms with E-state index in [9.17, 15) is 13.2 Å². The fourth-order valence-corrected chi connectivity index (χ4v) is 4.39. The number of aromatic nitrogens is 1. The van der Waals surface area contributed by atoms with Crippen LogP contribution >= 0.6 is 11.3 Å². The van der Waals surface area contributed by atoms with Crippen LogP contribution in [0.15, 0.2) is 48.1 Å². The number of carbonyl (C=O) groups is 1. The Labute approximate surface area is 154 Å². The summed E-state index contributed by atoms with van der Waals surface area (Å²) in [5.74, 6) is -0.173. The Morgan fingerprint density at radius 3 is 2.69 bits per heavy atom. The zero-order valence-electron chi connectivity index (χ0n) is 13.8. The standard InChI is InChI=1S/C18H15N3O3S2/c1-26(23,24)9-11-2-4-12(5-3-11)19-8-13-16-14(21-18(13)22)6-7-15-17(16)20-10-25-15/h2-8,10,19H,9H2,1H3,(H,21,22)/b13-8-. The molecule has 1 aliphatic heterocycles. The second-order valence-corrected chi connectivity index (χ2v) is 9.14. The summed E-state index contributed by atoms with van der Waals surface area (Å²) in [6.45, 7) is 0. The maximum Gasteiger partial charge on any atom is 0.257 e. The molecule has 1 aromatic heterocycles. The zero-order valence-corrected chi connectivity index (χ0v) is 15.4. The van der Waals surface area contributed by atoms with Crippen molar-refractivity contribution in [2.45, 2.75) is 5.75 Å². The predicted molar refractivity (Wildman–Crippen MR) is 105 cm³/mol. The van der Waals surface area contributed by atoms with Gasteiger partial charge in [0.15, 0.2) is 9.84 Å².